The molecule has 0 fully saturated rings. The number of sulfonamides is 1. The minimum Gasteiger partial charge on any atom is -0.493 e. The topological polar surface area (TPSA) is 122 Å². The van der Waals surface area contributed by atoms with Crippen molar-refractivity contribution in [2.24, 2.45) is 0 Å². The maximum Gasteiger partial charge on any atom is 0.330 e. The number of nitrogens with one attached hydrogen (secondary N) is 1. The molecule has 0 aliphatic carbocycles. The molecule has 0 bridgehead atoms. The molecule has 3 rings (SSSR count). The molecule has 1 N–H and O–H groups in total. The number of ether oxygens (including phenoxy) is 3. The Balaban J connectivity index is 1.91. The fourth-order valence-electron chi connectivity index (χ4n) is 3.10. The van der Waals surface area contributed by atoms with Crippen LogP contribution in [0.15, 0.2) is 60.0 Å². The van der Waals surface area contributed by atoms with Crippen molar-refractivity contribution in [3.8, 4) is 17.2 Å². The van der Waals surface area contributed by atoms with Crippen LogP contribution in [0.2, 0.25) is 0 Å². The van der Waals surface area contributed by atoms with Crippen molar-refractivity contribution in [3.05, 3.63) is 66.3 Å². The Morgan fingerprint density at radius 2 is 1.85 bits per heavy atom. The Hall–Kier alpha value is -3.70. The van der Waals surface area contributed by atoms with Crippen molar-refractivity contribution in [1.82, 2.24) is 19.5 Å². The van der Waals surface area contributed by atoms with Crippen LogP contribution in [0, 0.1) is 0 Å². The molecule has 0 saturated carbocycles. The summed E-state index contributed by atoms with van der Waals surface area (Å²) < 4.78 is 46.0. The van der Waals surface area contributed by atoms with Crippen molar-refractivity contribution in [2.75, 3.05) is 21.3 Å². The number of esters is 1. The smallest absolute Gasteiger partial charge is 0.330 e. The molecule has 1 unspecified atom stereocenters. The lowest BCUT2D eigenvalue weighted by atomic mass is 10.1. The molecule has 0 spiro atoms. The quantitative estimate of drug-likeness (QED) is 0.372. The Labute approximate surface area is 191 Å². The minimum absolute atomic E-state index is 0.0500. The first kappa shape index (κ1) is 24.0. The number of carbonyl (C=O) groups is 1. The highest BCUT2D eigenvalue weighted by Gasteiger charge is 2.26. The molecule has 0 radical (unpaired) electrons. The average molecular weight is 473 g/mol. The molecule has 0 amide bonds. The van der Waals surface area contributed by atoms with Crippen molar-refractivity contribution in [3.63, 3.8) is 0 Å². The van der Waals surface area contributed by atoms with E-state index in [1.165, 1.54) is 45.9 Å². The van der Waals surface area contributed by atoms with E-state index in [-0.39, 0.29) is 16.4 Å². The molecule has 0 saturated heterocycles. The molecule has 10 nitrogen and oxygen atoms in total. The Morgan fingerprint density at radius 3 is 2.42 bits per heavy atom. The summed E-state index contributed by atoms with van der Waals surface area (Å²) in [6.07, 6.45) is 5.62. The lowest BCUT2D eigenvalue weighted by Crippen LogP contribution is -2.27. The van der Waals surface area contributed by atoms with E-state index < -0.39 is 22.0 Å². The van der Waals surface area contributed by atoms with E-state index >= 15 is 0 Å². The van der Waals surface area contributed by atoms with Crippen LogP contribution in [-0.4, -0.2) is 50.5 Å². The van der Waals surface area contributed by atoms with E-state index in [9.17, 15) is 13.2 Å². The molecular weight excluding hydrogens is 448 g/mol. The van der Waals surface area contributed by atoms with Gasteiger partial charge in [0.25, 0.3) is 0 Å². The van der Waals surface area contributed by atoms with E-state index in [4.69, 9.17) is 9.47 Å². The molecule has 2 aromatic carbocycles. The van der Waals surface area contributed by atoms with Crippen LogP contribution in [0.3, 0.4) is 0 Å². The zero-order chi connectivity index (χ0) is 24.0. The number of nitrogens with zero attached hydrogens (tertiary/aromatic N) is 3. The second kappa shape index (κ2) is 10.3. The van der Waals surface area contributed by atoms with Gasteiger partial charge in [-0.25, -0.2) is 27.6 Å². The monoisotopic (exact) mass is 472 g/mol. The second-order valence-electron chi connectivity index (χ2n) is 6.89. The SMILES string of the molecule is COC(=O)/C=C/c1cc(OC)c(OC)c(S(=O)(=O)NC(C)c2ccc(-n3cncn3)cc2)c1. The van der Waals surface area contributed by atoms with Gasteiger partial charge in [0.05, 0.1) is 27.0 Å². The number of rotatable bonds is 9. The first-order chi connectivity index (χ1) is 15.8. The molecular formula is C22H24N4O6S. The van der Waals surface area contributed by atoms with Gasteiger partial charge in [-0.15, -0.1) is 0 Å². The van der Waals surface area contributed by atoms with Crippen molar-refractivity contribution < 1.29 is 27.4 Å². The van der Waals surface area contributed by atoms with Gasteiger partial charge < -0.3 is 14.2 Å². The summed E-state index contributed by atoms with van der Waals surface area (Å²) in [7, 11) is -0.0327. The van der Waals surface area contributed by atoms with Gasteiger partial charge in [-0.3, -0.25) is 0 Å². The van der Waals surface area contributed by atoms with Gasteiger partial charge in [0.2, 0.25) is 10.0 Å². The van der Waals surface area contributed by atoms with Crippen LogP contribution in [0.25, 0.3) is 11.8 Å². The standard InChI is InChI=1S/C22H24N4O6S/c1-15(17-6-8-18(9-7-17)26-14-23-13-24-26)25-33(28,29)20-12-16(5-10-21(27)31-3)11-19(30-2)22(20)32-4/h5-15,25H,1-4H3/b10-5+. The highest BCUT2D eigenvalue weighted by atomic mass is 32.2. The van der Waals surface area contributed by atoms with E-state index in [2.05, 4.69) is 19.5 Å². The van der Waals surface area contributed by atoms with Gasteiger partial charge in [-0.2, -0.15) is 5.10 Å². The zero-order valence-corrected chi connectivity index (χ0v) is 19.4. The molecule has 0 aliphatic heterocycles. The van der Waals surface area contributed by atoms with Gasteiger partial charge in [-0.05, 0) is 48.4 Å². The van der Waals surface area contributed by atoms with E-state index in [1.807, 2.05) is 12.1 Å². The normalized spacial score (nSPS) is 12.5. The van der Waals surface area contributed by atoms with Crippen molar-refractivity contribution in [2.45, 2.75) is 17.9 Å². The number of aromatic nitrogens is 3. The predicted octanol–water partition coefficient (Wildman–Crippen LogP) is 2.51. The molecule has 3 aromatic rings. The summed E-state index contributed by atoms with van der Waals surface area (Å²) in [6, 6.07) is 9.64. The number of hydrogen-bond acceptors (Lipinski definition) is 8. The van der Waals surface area contributed by atoms with Gasteiger partial charge in [0.1, 0.15) is 17.6 Å². The lowest BCUT2D eigenvalue weighted by molar-refractivity contribution is -0.134. The molecule has 174 valence electrons. The number of methoxy groups -OCH3 is 3. The van der Waals surface area contributed by atoms with Crippen LogP contribution < -0.4 is 14.2 Å². The van der Waals surface area contributed by atoms with Crippen LogP contribution in [0.1, 0.15) is 24.1 Å². The molecule has 1 aromatic heterocycles. The Morgan fingerprint density at radius 1 is 1.12 bits per heavy atom. The van der Waals surface area contributed by atoms with E-state index in [0.717, 1.165) is 11.3 Å². The van der Waals surface area contributed by atoms with Crippen molar-refractivity contribution in [1.29, 1.82) is 0 Å². The van der Waals surface area contributed by atoms with E-state index in [1.54, 1.807) is 36.1 Å². The summed E-state index contributed by atoms with van der Waals surface area (Å²) in [4.78, 5) is 15.2. The van der Waals surface area contributed by atoms with Crippen LogP contribution in [0.5, 0.6) is 11.5 Å². The summed E-state index contributed by atoms with van der Waals surface area (Å²) in [6.45, 7) is 1.73. The van der Waals surface area contributed by atoms with Gasteiger partial charge in [0.15, 0.2) is 11.5 Å². The molecule has 0 aliphatic rings. The summed E-state index contributed by atoms with van der Waals surface area (Å²) in [5.41, 5.74) is 1.96. The second-order valence-corrected chi connectivity index (χ2v) is 8.57. The summed E-state index contributed by atoms with van der Waals surface area (Å²) >= 11 is 0. The summed E-state index contributed by atoms with van der Waals surface area (Å²) in [5, 5.41) is 4.07. The van der Waals surface area contributed by atoms with Gasteiger partial charge >= 0.3 is 5.97 Å². The van der Waals surface area contributed by atoms with Crippen LogP contribution >= 0.6 is 0 Å². The van der Waals surface area contributed by atoms with Gasteiger partial charge in [-0.1, -0.05) is 12.1 Å². The fraction of sp³-hybridized carbons (Fsp3) is 0.227. The third-order valence-electron chi connectivity index (χ3n) is 4.78. The molecule has 1 atom stereocenters. The van der Waals surface area contributed by atoms with Crippen molar-refractivity contribution >= 4 is 22.1 Å². The third-order valence-corrected chi connectivity index (χ3v) is 6.32. The number of hydrogen-bond donors (Lipinski definition) is 1. The average Bonchev–Trinajstić information content (AvgIpc) is 3.36. The van der Waals surface area contributed by atoms with Crippen LogP contribution in [0.4, 0.5) is 0 Å². The Kier molecular flexibility index (Phi) is 7.46. The van der Waals surface area contributed by atoms with E-state index in [0.29, 0.717) is 5.56 Å². The predicted molar refractivity (Wildman–Crippen MR) is 121 cm³/mol. The maximum absolute atomic E-state index is 13.3. The highest BCUT2D eigenvalue weighted by Crippen LogP contribution is 2.36. The highest BCUT2D eigenvalue weighted by molar-refractivity contribution is 7.89. The first-order valence-electron chi connectivity index (χ1n) is 9.78. The van der Waals surface area contributed by atoms with Gasteiger partial charge in [0, 0.05) is 12.1 Å². The lowest BCUT2D eigenvalue weighted by Gasteiger charge is -2.18. The maximum atomic E-state index is 13.3. The number of carbonyl (C=O) groups excluding carboxylic acids is 1. The molecule has 33 heavy (non-hydrogen) atoms. The first-order valence-corrected chi connectivity index (χ1v) is 11.3. The van der Waals surface area contributed by atoms with Crippen LogP contribution in [-0.2, 0) is 19.6 Å². The third kappa shape index (κ3) is 5.57. The fourth-order valence-corrected chi connectivity index (χ4v) is 4.55. The number of benzene rings is 2. The zero-order valence-electron chi connectivity index (χ0n) is 18.6. The minimum atomic E-state index is -4.04. The molecule has 11 heteroatoms. The Bertz CT molecular complexity index is 1240. The molecule has 1 heterocycles. The largest absolute Gasteiger partial charge is 0.493 e. The summed E-state index contributed by atoms with van der Waals surface area (Å²) in [5.74, 6) is -0.320.